The first-order valence-electron chi connectivity index (χ1n) is 4.12. The van der Waals surface area contributed by atoms with E-state index in [0.717, 1.165) is 13.0 Å². The number of hydrogen-bond donors (Lipinski definition) is 2. The van der Waals surface area contributed by atoms with Crippen LogP contribution >= 0.6 is 12.4 Å². The van der Waals surface area contributed by atoms with Crippen molar-refractivity contribution in [3.63, 3.8) is 0 Å². The maximum absolute atomic E-state index is 11.1. The highest BCUT2D eigenvalue weighted by Gasteiger charge is 2.15. The molecule has 0 fully saturated rings. The van der Waals surface area contributed by atoms with E-state index in [-0.39, 0.29) is 30.3 Å². The Labute approximate surface area is 80.5 Å². The van der Waals surface area contributed by atoms with Gasteiger partial charge in [-0.25, -0.2) is 0 Å². The molecule has 0 saturated carbocycles. The molecule has 1 atom stereocenters. The average molecular weight is 195 g/mol. The molecule has 0 aromatic heterocycles. The van der Waals surface area contributed by atoms with E-state index in [4.69, 9.17) is 5.73 Å². The predicted octanol–water partition coefficient (Wildman–Crippen LogP) is 0.918. The zero-order chi connectivity index (χ0) is 8.85. The van der Waals surface area contributed by atoms with E-state index in [1.165, 1.54) is 0 Å². The minimum absolute atomic E-state index is 0. The van der Waals surface area contributed by atoms with Gasteiger partial charge in [0.15, 0.2) is 0 Å². The molecule has 0 bridgehead atoms. The van der Waals surface area contributed by atoms with E-state index < -0.39 is 0 Å². The lowest BCUT2D eigenvalue weighted by atomic mass is 10.1. The monoisotopic (exact) mass is 194 g/mol. The molecule has 0 aromatic rings. The highest BCUT2D eigenvalue weighted by Crippen LogP contribution is 1.97. The van der Waals surface area contributed by atoms with E-state index in [0.29, 0.717) is 0 Å². The molecule has 3 nitrogen and oxygen atoms in total. The van der Waals surface area contributed by atoms with Crippen molar-refractivity contribution in [3.8, 4) is 0 Å². The normalized spacial score (nSPS) is 12.1. The van der Waals surface area contributed by atoms with Crippen LogP contribution in [0.2, 0.25) is 0 Å². The molecule has 4 heteroatoms. The van der Waals surface area contributed by atoms with Crippen molar-refractivity contribution < 1.29 is 4.79 Å². The summed E-state index contributed by atoms with van der Waals surface area (Å²) in [6, 6.07) is -0.360. The average Bonchev–Trinajstić information content (AvgIpc) is 1.98. The van der Waals surface area contributed by atoms with E-state index in [2.05, 4.69) is 5.32 Å². The van der Waals surface area contributed by atoms with Crippen LogP contribution in [0.1, 0.15) is 27.2 Å². The topological polar surface area (TPSA) is 55.1 Å². The summed E-state index contributed by atoms with van der Waals surface area (Å²) in [6.07, 6.45) is 0.955. The van der Waals surface area contributed by atoms with Crippen molar-refractivity contribution in [2.75, 3.05) is 6.54 Å². The molecular weight excluding hydrogens is 176 g/mol. The zero-order valence-electron chi connectivity index (χ0n) is 7.96. The lowest BCUT2D eigenvalue weighted by Gasteiger charge is -2.14. The highest BCUT2D eigenvalue weighted by atomic mass is 35.5. The van der Waals surface area contributed by atoms with Crippen molar-refractivity contribution in [1.82, 2.24) is 5.32 Å². The first-order chi connectivity index (χ1) is 5.09. The summed E-state index contributed by atoms with van der Waals surface area (Å²) in [7, 11) is 0. The van der Waals surface area contributed by atoms with Gasteiger partial charge in [-0.2, -0.15) is 0 Å². The van der Waals surface area contributed by atoms with Gasteiger partial charge in [0.25, 0.3) is 0 Å². The van der Waals surface area contributed by atoms with E-state index in [1.54, 1.807) is 0 Å². The highest BCUT2D eigenvalue weighted by molar-refractivity contribution is 5.85. The van der Waals surface area contributed by atoms with Gasteiger partial charge in [-0.1, -0.05) is 20.8 Å². The number of rotatable bonds is 4. The van der Waals surface area contributed by atoms with Crippen LogP contribution in [0.3, 0.4) is 0 Å². The first kappa shape index (κ1) is 14.3. The Morgan fingerprint density at radius 3 is 2.33 bits per heavy atom. The van der Waals surface area contributed by atoms with Crippen molar-refractivity contribution in [3.05, 3.63) is 0 Å². The maximum Gasteiger partial charge on any atom is 0.237 e. The fraction of sp³-hybridized carbons (Fsp3) is 0.875. The summed E-state index contributed by atoms with van der Waals surface area (Å²) in [5.41, 5.74) is 5.59. The van der Waals surface area contributed by atoms with Crippen LogP contribution in [-0.4, -0.2) is 18.5 Å². The second-order valence-corrected chi connectivity index (χ2v) is 3.06. The zero-order valence-corrected chi connectivity index (χ0v) is 8.78. The Morgan fingerprint density at radius 1 is 1.50 bits per heavy atom. The van der Waals surface area contributed by atoms with Crippen LogP contribution in [-0.2, 0) is 4.79 Å². The van der Waals surface area contributed by atoms with Crippen LogP contribution in [0.25, 0.3) is 0 Å². The molecule has 0 radical (unpaired) electrons. The Morgan fingerprint density at radius 2 is 2.00 bits per heavy atom. The summed E-state index contributed by atoms with van der Waals surface area (Å²) < 4.78 is 0. The van der Waals surface area contributed by atoms with Crippen LogP contribution in [0, 0.1) is 5.92 Å². The number of amides is 1. The van der Waals surface area contributed by atoms with Gasteiger partial charge in [-0.3, -0.25) is 4.79 Å². The fourth-order valence-corrected chi connectivity index (χ4v) is 0.669. The quantitative estimate of drug-likeness (QED) is 0.700. The van der Waals surface area contributed by atoms with Crippen molar-refractivity contribution in [2.24, 2.45) is 11.7 Å². The number of hydrogen-bond acceptors (Lipinski definition) is 2. The number of nitrogens with one attached hydrogen (secondary N) is 1. The molecular formula is C8H19ClN2O. The molecule has 0 aliphatic heterocycles. The molecule has 3 N–H and O–H groups in total. The molecule has 0 rings (SSSR count). The Balaban J connectivity index is 0. The molecule has 0 saturated heterocycles. The minimum atomic E-state index is -0.360. The molecule has 1 amide bonds. The van der Waals surface area contributed by atoms with Crippen LogP contribution < -0.4 is 11.1 Å². The second kappa shape index (κ2) is 7.37. The summed E-state index contributed by atoms with van der Waals surface area (Å²) in [5.74, 6) is 0.175. The lowest BCUT2D eigenvalue weighted by Crippen LogP contribution is -2.44. The summed E-state index contributed by atoms with van der Waals surface area (Å²) in [4.78, 5) is 11.1. The second-order valence-electron chi connectivity index (χ2n) is 3.06. The van der Waals surface area contributed by atoms with Crippen LogP contribution in [0.5, 0.6) is 0 Å². The van der Waals surface area contributed by atoms with Gasteiger partial charge in [0.2, 0.25) is 5.91 Å². The molecule has 12 heavy (non-hydrogen) atoms. The van der Waals surface area contributed by atoms with Gasteiger partial charge in [0.05, 0.1) is 6.04 Å². The number of nitrogens with two attached hydrogens (primary N) is 1. The SMILES string of the molecule is CCCNC(=O)C(N)C(C)C.Cl. The molecule has 74 valence electrons. The Hall–Kier alpha value is -0.280. The largest absolute Gasteiger partial charge is 0.355 e. The predicted molar refractivity (Wildman–Crippen MR) is 53.4 cm³/mol. The Bertz CT molecular complexity index is 128. The standard InChI is InChI=1S/C8H18N2O.ClH/c1-4-5-10-8(11)7(9)6(2)3;/h6-7H,4-5,9H2,1-3H3,(H,10,11);1H. The van der Waals surface area contributed by atoms with Gasteiger partial charge in [0.1, 0.15) is 0 Å². The molecule has 0 aliphatic rings. The van der Waals surface area contributed by atoms with Gasteiger partial charge in [0, 0.05) is 6.54 Å². The van der Waals surface area contributed by atoms with Gasteiger partial charge < -0.3 is 11.1 Å². The molecule has 1 unspecified atom stereocenters. The van der Waals surface area contributed by atoms with Crippen LogP contribution in [0.4, 0.5) is 0 Å². The van der Waals surface area contributed by atoms with Crippen molar-refractivity contribution >= 4 is 18.3 Å². The van der Waals surface area contributed by atoms with E-state index in [9.17, 15) is 4.79 Å². The smallest absolute Gasteiger partial charge is 0.237 e. The number of halogens is 1. The summed E-state index contributed by atoms with van der Waals surface area (Å²) >= 11 is 0. The molecule has 0 heterocycles. The van der Waals surface area contributed by atoms with E-state index in [1.807, 2.05) is 20.8 Å². The Kier molecular flexibility index (Phi) is 8.76. The maximum atomic E-state index is 11.1. The molecule has 0 aliphatic carbocycles. The third-order valence-electron chi connectivity index (χ3n) is 1.57. The number of carbonyl (C=O) groups excluding carboxylic acids is 1. The van der Waals surface area contributed by atoms with Gasteiger partial charge in [-0.05, 0) is 12.3 Å². The third kappa shape index (κ3) is 5.38. The van der Waals surface area contributed by atoms with Crippen molar-refractivity contribution in [1.29, 1.82) is 0 Å². The van der Waals surface area contributed by atoms with E-state index >= 15 is 0 Å². The molecule has 0 aromatic carbocycles. The number of carbonyl (C=O) groups is 1. The fourth-order valence-electron chi connectivity index (χ4n) is 0.669. The first-order valence-corrected chi connectivity index (χ1v) is 4.12. The lowest BCUT2D eigenvalue weighted by molar-refractivity contribution is -0.123. The third-order valence-corrected chi connectivity index (χ3v) is 1.57. The van der Waals surface area contributed by atoms with Crippen molar-refractivity contribution in [2.45, 2.75) is 33.2 Å². The van der Waals surface area contributed by atoms with Crippen LogP contribution in [0.15, 0.2) is 0 Å². The molecule has 0 spiro atoms. The van der Waals surface area contributed by atoms with Gasteiger partial charge in [-0.15, -0.1) is 12.4 Å². The minimum Gasteiger partial charge on any atom is -0.355 e. The summed E-state index contributed by atoms with van der Waals surface area (Å²) in [6.45, 7) is 6.62. The van der Waals surface area contributed by atoms with Gasteiger partial charge >= 0.3 is 0 Å². The summed E-state index contributed by atoms with van der Waals surface area (Å²) in [5, 5.41) is 2.75.